The first kappa shape index (κ1) is 20.3. The molecule has 0 amide bonds. The predicted molar refractivity (Wildman–Crippen MR) is 81.4 cm³/mol. The Morgan fingerprint density at radius 3 is 2.11 bits per heavy atom. The van der Waals surface area contributed by atoms with Crippen molar-refractivity contribution in [2.24, 2.45) is 22.9 Å². The Labute approximate surface area is 116 Å². The van der Waals surface area contributed by atoms with Crippen LogP contribution >= 0.6 is 0 Å². The zero-order valence-corrected chi connectivity index (χ0v) is 12.5. The van der Waals surface area contributed by atoms with Gasteiger partial charge in [-0.05, 0) is 63.2 Å². The minimum Gasteiger partial charge on any atom is -0.333 e. The number of hydrogen-bond acceptors (Lipinski definition) is 4. The lowest BCUT2D eigenvalue weighted by Crippen LogP contribution is -2.08. The van der Waals surface area contributed by atoms with E-state index in [2.05, 4.69) is 24.1 Å². The standard InChI is InChI=1S/C11H14FN.3CH5N/c1-2-7-3-5-9(12)8-4-6-10(13)11(7)8;3*1-2/h3,5,10H,2,4,6,13H2,1H3;3*2H2,1H3. The third-order valence-corrected chi connectivity index (χ3v) is 2.85. The maximum absolute atomic E-state index is 13.3. The third kappa shape index (κ3) is 5.24. The van der Waals surface area contributed by atoms with Crippen LogP contribution in [0, 0.1) is 5.82 Å². The van der Waals surface area contributed by atoms with Gasteiger partial charge in [-0.1, -0.05) is 13.0 Å². The number of benzene rings is 1. The molecule has 8 N–H and O–H groups in total. The summed E-state index contributed by atoms with van der Waals surface area (Å²) in [6, 6.07) is 3.48. The van der Waals surface area contributed by atoms with Crippen molar-refractivity contribution in [3.8, 4) is 0 Å². The molecule has 0 saturated carbocycles. The van der Waals surface area contributed by atoms with Crippen molar-refractivity contribution in [3.63, 3.8) is 0 Å². The Morgan fingerprint density at radius 2 is 1.63 bits per heavy atom. The molecule has 0 aliphatic heterocycles. The van der Waals surface area contributed by atoms with Gasteiger partial charge in [-0.3, -0.25) is 0 Å². The van der Waals surface area contributed by atoms with E-state index >= 15 is 0 Å². The highest BCUT2D eigenvalue weighted by atomic mass is 19.1. The van der Waals surface area contributed by atoms with E-state index < -0.39 is 0 Å². The third-order valence-electron chi connectivity index (χ3n) is 2.85. The Hall–Kier alpha value is -1.01. The molecule has 0 heterocycles. The summed E-state index contributed by atoms with van der Waals surface area (Å²) in [5.74, 6) is -0.0832. The summed E-state index contributed by atoms with van der Waals surface area (Å²) in [5, 5.41) is 0. The maximum atomic E-state index is 13.3. The summed E-state index contributed by atoms with van der Waals surface area (Å²) in [5.41, 5.74) is 22.6. The van der Waals surface area contributed by atoms with E-state index in [0.717, 1.165) is 30.4 Å². The van der Waals surface area contributed by atoms with Gasteiger partial charge >= 0.3 is 0 Å². The van der Waals surface area contributed by atoms with Gasteiger partial charge in [-0.25, -0.2) is 4.39 Å². The number of hydrogen-bond donors (Lipinski definition) is 4. The van der Waals surface area contributed by atoms with Crippen molar-refractivity contribution in [1.82, 2.24) is 0 Å². The minimum atomic E-state index is -0.0832. The van der Waals surface area contributed by atoms with Gasteiger partial charge < -0.3 is 22.9 Å². The predicted octanol–water partition coefficient (Wildman–Crippen LogP) is 1.06. The molecule has 112 valence electrons. The number of halogens is 1. The second-order valence-corrected chi connectivity index (χ2v) is 3.60. The number of nitrogens with two attached hydrogens (primary N) is 4. The van der Waals surface area contributed by atoms with Crippen LogP contribution in [-0.2, 0) is 12.8 Å². The fourth-order valence-electron chi connectivity index (χ4n) is 2.16. The summed E-state index contributed by atoms with van der Waals surface area (Å²) in [6.07, 6.45) is 2.63. The van der Waals surface area contributed by atoms with Gasteiger partial charge in [-0.2, -0.15) is 0 Å². The topological polar surface area (TPSA) is 104 Å². The second-order valence-electron chi connectivity index (χ2n) is 3.60. The molecule has 2 rings (SSSR count). The molecule has 4 nitrogen and oxygen atoms in total. The van der Waals surface area contributed by atoms with Crippen LogP contribution in [0.3, 0.4) is 0 Å². The van der Waals surface area contributed by atoms with Crippen molar-refractivity contribution < 1.29 is 4.39 Å². The summed E-state index contributed by atoms with van der Waals surface area (Å²) >= 11 is 0. The molecule has 5 heteroatoms. The van der Waals surface area contributed by atoms with Crippen molar-refractivity contribution in [1.29, 1.82) is 0 Å². The molecule has 0 spiro atoms. The van der Waals surface area contributed by atoms with Gasteiger partial charge in [0.05, 0.1) is 0 Å². The van der Waals surface area contributed by atoms with Crippen molar-refractivity contribution in [3.05, 3.63) is 34.6 Å². The van der Waals surface area contributed by atoms with Crippen LogP contribution in [-0.4, -0.2) is 21.1 Å². The minimum absolute atomic E-state index is 0.0562. The first-order valence-electron chi connectivity index (χ1n) is 6.53. The van der Waals surface area contributed by atoms with Gasteiger partial charge in [0.2, 0.25) is 0 Å². The van der Waals surface area contributed by atoms with Gasteiger partial charge in [0.15, 0.2) is 0 Å². The van der Waals surface area contributed by atoms with E-state index in [4.69, 9.17) is 5.73 Å². The largest absolute Gasteiger partial charge is 0.333 e. The van der Waals surface area contributed by atoms with E-state index in [9.17, 15) is 4.39 Å². The van der Waals surface area contributed by atoms with Crippen LogP contribution in [0.1, 0.15) is 36.1 Å². The van der Waals surface area contributed by atoms with E-state index in [0.29, 0.717) is 0 Å². The molecule has 1 aliphatic rings. The summed E-state index contributed by atoms with van der Waals surface area (Å²) in [7, 11) is 4.50. The Kier molecular flexibility index (Phi) is 12.9. The Morgan fingerprint density at radius 1 is 1.11 bits per heavy atom. The van der Waals surface area contributed by atoms with Crippen LogP contribution in [0.4, 0.5) is 4.39 Å². The SMILES string of the molecule is CCc1ccc(F)c2c1C(N)CC2.CN.CN.CN. The van der Waals surface area contributed by atoms with E-state index in [1.165, 1.54) is 26.7 Å². The molecule has 0 saturated heterocycles. The first-order valence-corrected chi connectivity index (χ1v) is 6.53. The lowest BCUT2D eigenvalue weighted by atomic mass is 9.99. The molecule has 1 atom stereocenters. The number of fused-ring (bicyclic) bond motifs is 1. The maximum Gasteiger partial charge on any atom is 0.126 e. The van der Waals surface area contributed by atoms with Crippen molar-refractivity contribution >= 4 is 0 Å². The molecule has 0 aromatic heterocycles. The Balaban J connectivity index is 0. The van der Waals surface area contributed by atoms with E-state index in [-0.39, 0.29) is 11.9 Å². The van der Waals surface area contributed by atoms with Crippen molar-refractivity contribution in [2.45, 2.75) is 32.2 Å². The molecular formula is C14H29FN4. The van der Waals surface area contributed by atoms with Gasteiger partial charge in [0.1, 0.15) is 5.82 Å². The molecule has 1 aromatic carbocycles. The molecule has 1 aromatic rings. The summed E-state index contributed by atoms with van der Waals surface area (Å²) < 4.78 is 13.3. The van der Waals surface area contributed by atoms with Crippen LogP contribution in [0.2, 0.25) is 0 Å². The molecule has 1 aliphatic carbocycles. The van der Waals surface area contributed by atoms with Crippen LogP contribution in [0.5, 0.6) is 0 Å². The molecule has 0 bridgehead atoms. The Bertz CT molecular complexity index is 342. The van der Waals surface area contributed by atoms with E-state index in [1.54, 1.807) is 6.07 Å². The highest BCUT2D eigenvalue weighted by molar-refractivity contribution is 5.42. The highest BCUT2D eigenvalue weighted by Gasteiger charge is 2.24. The quantitative estimate of drug-likeness (QED) is 0.613. The number of aryl methyl sites for hydroxylation is 1. The van der Waals surface area contributed by atoms with Crippen molar-refractivity contribution in [2.75, 3.05) is 21.1 Å². The highest BCUT2D eigenvalue weighted by Crippen LogP contribution is 2.33. The van der Waals surface area contributed by atoms with Crippen LogP contribution in [0.25, 0.3) is 0 Å². The second kappa shape index (κ2) is 12.0. The molecule has 0 fully saturated rings. The zero-order valence-electron chi connectivity index (χ0n) is 12.5. The lowest BCUT2D eigenvalue weighted by Gasteiger charge is -2.10. The molecular weight excluding hydrogens is 243 g/mol. The number of rotatable bonds is 1. The molecule has 19 heavy (non-hydrogen) atoms. The van der Waals surface area contributed by atoms with Gasteiger partial charge in [0, 0.05) is 6.04 Å². The summed E-state index contributed by atoms with van der Waals surface area (Å²) in [6.45, 7) is 2.08. The summed E-state index contributed by atoms with van der Waals surface area (Å²) in [4.78, 5) is 0. The van der Waals surface area contributed by atoms with E-state index in [1.807, 2.05) is 6.07 Å². The molecule has 1 unspecified atom stereocenters. The van der Waals surface area contributed by atoms with Crippen LogP contribution in [0.15, 0.2) is 12.1 Å². The normalized spacial score (nSPS) is 14.9. The lowest BCUT2D eigenvalue weighted by molar-refractivity contribution is 0.612. The molecule has 0 radical (unpaired) electrons. The van der Waals surface area contributed by atoms with Gasteiger partial charge in [0.25, 0.3) is 0 Å². The fourth-order valence-corrected chi connectivity index (χ4v) is 2.16. The smallest absolute Gasteiger partial charge is 0.126 e. The fraction of sp³-hybridized carbons (Fsp3) is 0.571. The van der Waals surface area contributed by atoms with Gasteiger partial charge in [-0.15, -0.1) is 0 Å². The monoisotopic (exact) mass is 272 g/mol. The van der Waals surface area contributed by atoms with Crippen LogP contribution < -0.4 is 22.9 Å². The average Bonchev–Trinajstić information content (AvgIpc) is 2.89. The zero-order chi connectivity index (χ0) is 15.4. The average molecular weight is 272 g/mol. The first-order chi connectivity index (χ1) is 9.24.